The summed E-state index contributed by atoms with van der Waals surface area (Å²) in [4.78, 5) is 26.7. The molecule has 1 aromatic heterocycles. The minimum Gasteiger partial charge on any atom is -0.467 e. The summed E-state index contributed by atoms with van der Waals surface area (Å²) in [7, 11) is 1.29. The summed E-state index contributed by atoms with van der Waals surface area (Å²) in [6.45, 7) is 5.59. The number of aromatic nitrogens is 1. The van der Waals surface area contributed by atoms with Crippen molar-refractivity contribution < 1.29 is 14.3 Å². The predicted molar refractivity (Wildman–Crippen MR) is 76.7 cm³/mol. The molecule has 5 heteroatoms. The second-order valence-electron chi connectivity index (χ2n) is 4.85. The third-order valence-corrected chi connectivity index (χ3v) is 3.47. The number of carbonyl (C=O) groups excluding carboxylic acids is 2. The van der Waals surface area contributed by atoms with E-state index in [4.69, 9.17) is 0 Å². The molecule has 0 radical (unpaired) electrons. The summed E-state index contributed by atoms with van der Waals surface area (Å²) in [5, 5.41) is 3.63. The van der Waals surface area contributed by atoms with Crippen LogP contribution in [0.2, 0.25) is 0 Å². The van der Waals surface area contributed by atoms with Crippen LogP contribution in [0.15, 0.2) is 18.2 Å². The summed E-state index contributed by atoms with van der Waals surface area (Å²) in [5.74, 6) is -0.754. The summed E-state index contributed by atoms with van der Waals surface area (Å²) in [6.07, 6.45) is 0. The van der Waals surface area contributed by atoms with Gasteiger partial charge in [-0.25, -0.2) is 4.79 Å². The van der Waals surface area contributed by atoms with E-state index in [0.29, 0.717) is 5.56 Å². The number of hydrogen-bond donors (Lipinski definition) is 2. The van der Waals surface area contributed by atoms with Gasteiger partial charge in [0, 0.05) is 22.2 Å². The Kier molecular flexibility index (Phi) is 3.79. The monoisotopic (exact) mass is 274 g/mol. The molecule has 0 bridgehead atoms. The van der Waals surface area contributed by atoms with Crippen LogP contribution in [0, 0.1) is 13.8 Å². The van der Waals surface area contributed by atoms with Crippen molar-refractivity contribution in [2.75, 3.05) is 7.11 Å². The van der Waals surface area contributed by atoms with Gasteiger partial charge in [-0.15, -0.1) is 0 Å². The first-order valence-electron chi connectivity index (χ1n) is 6.41. The molecule has 1 aromatic carbocycles. The van der Waals surface area contributed by atoms with E-state index in [1.807, 2.05) is 26.0 Å². The van der Waals surface area contributed by atoms with Gasteiger partial charge < -0.3 is 15.0 Å². The number of amides is 1. The van der Waals surface area contributed by atoms with Gasteiger partial charge in [0.25, 0.3) is 5.91 Å². The molecule has 0 aliphatic heterocycles. The molecule has 2 N–H and O–H groups in total. The van der Waals surface area contributed by atoms with Crippen LogP contribution in [0.3, 0.4) is 0 Å². The van der Waals surface area contributed by atoms with Gasteiger partial charge in [-0.1, -0.05) is 0 Å². The maximum absolute atomic E-state index is 12.1. The highest BCUT2D eigenvalue weighted by Gasteiger charge is 2.17. The van der Waals surface area contributed by atoms with Crippen LogP contribution in [0.5, 0.6) is 0 Å². The van der Waals surface area contributed by atoms with Crippen molar-refractivity contribution in [2.45, 2.75) is 26.8 Å². The van der Waals surface area contributed by atoms with Gasteiger partial charge in [-0.05, 0) is 44.5 Å². The third-order valence-electron chi connectivity index (χ3n) is 3.47. The van der Waals surface area contributed by atoms with Crippen LogP contribution < -0.4 is 5.32 Å². The van der Waals surface area contributed by atoms with Gasteiger partial charge in [0.15, 0.2) is 0 Å². The molecular weight excluding hydrogens is 256 g/mol. The second-order valence-corrected chi connectivity index (χ2v) is 4.85. The number of H-pyrrole nitrogens is 1. The van der Waals surface area contributed by atoms with Crippen molar-refractivity contribution in [3.8, 4) is 0 Å². The van der Waals surface area contributed by atoms with E-state index in [2.05, 4.69) is 15.0 Å². The quantitative estimate of drug-likeness (QED) is 0.842. The van der Waals surface area contributed by atoms with Gasteiger partial charge in [-0.2, -0.15) is 0 Å². The molecule has 106 valence electrons. The Bertz CT molecular complexity index is 673. The van der Waals surface area contributed by atoms with E-state index < -0.39 is 12.0 Å². The molecule has 1 heterocycles. The summed E-state index contributed by atoms with van der Waals surface area (Å²) < 4.78 is 4.58. The van der Waals surface area contributed by atoms with E-state index in [9.17, 15) is 9.59 Å². The lowest BCUT2D eigenvalue weighted by Gasteiger charge is -2.11. The number of rotatable bonds is 3. The van der Waals surface area contributed by atoms with Crippen molar-refractivity contribution in [1.29, 1.82) is 0 Å². The van der Waals surface area contributed by atoms with Gasteiger partial charge in [-0.3, -0.25) is 4.79 Å². The lowest BCUT2D eigenvalue weighted by Crippen LogP contribution is -2.39. The van der Waals surface area contributed by atoms with Crippen molar-refractivity contribution >= 4 is 22.8 Å². The number of methoxy groups -OCH3 is 1. The van der Waals surface area contributed by atoms with E-state index in [-0.39, 0.29) is 5.91 Å². The smallest absolute Gasteiger partial charge is 0.328 e. The lowest BCUT2D eigenvalue weighted by atomic mass is 10.1. The molecule has 1 amide bonds. The van der Waals surface area contributed by atoms with Gasteiger partial charge in [0.05, 0.1) is 7.11 Å². The Morgan fingerprint density at radius 2 is 2.00 bits per heavy atom. The molecule has 5 nitrogen and oxygen atoms in total. The topological polar surface area (TPSA) is 71.2 Å². The summed E-state index contributed by atoms with van der Waals surface area (Å²) in [5.41, 5.74) is 3.73. The van der Waals surface area contributed by atoms with Gasteiger partial charge in [0.2, 0.25) is 0 Å². The Hall–Kier alpha value is -2.30. The molecule has 1 unspecified atom stereocenters. The fraction of sp³-hybridized carbons (Fsp3) is 0.333. The Labute approximate surface area is 117 Å². The molecule has 1 atom stereocenters. The second kappa shape index (κ2) is 5.36. The minimum atomic E-state index is -0.669. The summed E-state index contributed by atoms with van der Waals surface area (Å²) >= 11 is 0. The van der Waals surface area contributed by atoms with Crippen LogP contribution >= 0.6 is 0 Å². The zero-order chi connectivity index (χ0) is 14.9. The zero-order valence-electron chi connectivity index (χ0n) is 12.0. The van der Waals surface area contributed by atoms with Crippen molar-refractivity contribution in [3.05, 3.63) is 35.0 Å². The lowest BCUT2D eigenvalue weighted by molar-refractivity contribution is -0.142. The molecule has 0 aliphatic carbocycles. The van der Waals surface area contributed by atoms with Crippen LogP contribution in [-0.4, -0.2) is 30.0 Å². The molecule has 2 rings (SSSR count). The molecule has 0 fully saturated rings. The molecule has 0 aliphatic rings. The number of aryl methyl sites for hydroxylation is 2. The standard InChI is InChI=1S/C15H18N2O3/c1-8-9(2)16-13-6-5-11(7-12(8)13)14(18)17-10(3)15(19)20-4/h5-7,10,16H,1-4H3,(H,17,18). The first-order chi connectivity index (χ1) is 9.43. The highest BCUT2D eigenvalue weighted by Crippen LogP contribution is 2.22. The first kappa shape index (κ1) is 14.1. The molecule has 0 spiro atoms. The molecular formula is C15H18N2O3. The number of aromatic amines is 1. The number of hydrogen-bond acceptors (Lipinski definition) is 3. The van der Waals surface area contributed by atoms with Crippen LogP contribution in [0.1, 0.15) is 28.5 Å². The summed E-state index contributed by atoms with van der Waals surface area (Å²) in [6, 6.07) is 4.76. The fourth-order valence-electron chi connectivity index (χ4n) is 2.12. The maximum atomic E-state index is 12.1. The van der Waals surface area contributed by atoms with Crippen LogP contribution in [0.25, 0.3) is 10.9 Å². The highest BCUT2D eigenvalue weighted by atomic mass is 16.5. The normalized spacial score (nSPS) is 12.2. The molecule has 20 heavy (non-hydrogen) atoms. The number of carbonyl (C=O) groups is 2. The van der Waals surface area contributed by atoms with E-state index >= 15 is 0 Å². The number of benzene rings is 1. The molecule has 0 saturated carbocycles. The Balaban J connectivity index is 2.26. The number of fused-ring (bicyclic) bond motifs is 1. The average molecular weight is 274 g/mol. The molecule has 0 saturated heterocycles. The van der Waals surface area contributed by atoms with Crippen LogP contribution in [-0.2, 0) is 9.53 Å². The number of ether oxygens (including phenoxy) is 1. The minimum absolute atomic E-state index is 0.289. The van der Waals surface area contributed by atoms with Crippen LogP contribution in [0.4, 0.5) is 0 Å². The Morgan fingerprint density at radius 3 is 2.65 bits per heavy atom. The maximum Gasteiger partial charge on any atom is 0.328 e. The van der Waals surface area contributed by atoms with Crippen molar-refractivity contribution in [3.63, 3.8) is 0 Å². The predicted octanol–water partition coefficient (Wildman–Crippen LogP) is 2.08. The van der Waals surface area contributed by atoms with E-state index in [1.54, 1.807) is 13.0 Å². The fourth-order valence-corrected chi connectivity index (χ4v) is 2.12. The van der Waals surface area contributed by atoms with Crippen molar-refractivity contribution in [2.24, 2.45) is 0 Å². The zero-order valence-corrected chi connectivity index (χ0v) is 12.0. The average Bonchev–Trinajstić information content (AvgIpc) is 2.72. The van der Waals surface area contributed by atoms with Gasteiger partial charge >= 0.3 is 5.97 Å². The largest absolute Gasteiger partial charge is 0.467 e. The third kappa shape index (κ3) is 2.52. The first-order valence-corrected chi connectivity index (χ1v) is 6.41. The number of nitrogens with one attached hydrogen (secondary N) is 2. The van der Waals surface area contributed by atoms with Gasteiger partial charge in [0.1, 0.15) is 6.04 Å². The van der Waals surface area contributed by atoms with Crippen molar-refractivity contribution in [1.82, 2.24) is 10.3 Å². The highest BCUT2D eigenvalue weighted by molar-refractivity contribution is 6.00. The van der Waals surface area contributed by atoms with E-state index in [1.165, 1.54) is 7.11 Å². The van der Waals surface area contributed by atoms with E-state index in [0.717, 1.165) is 22.2 Å². The number of esters is 1. The SMILES string of the molecule is COC(=O)C(C)NC(=O)c1ccc2[nH]c(C)c(C)c2c1. The Morgan fingerprint density at radius 1 is 1.30 bits per heavy atom. The molecule has 2 aromatic rings.